The predicted molar refractivity (Wildman–Crippen MR) is 77.9 cm³/mol. The van der Waals surface area contributed by atoms with Gasteiger partial charge in [0.15, 0.2) is 0 Å². The molecule has 0 aliphatic carbocycles. The van der Waals surface area contributed by atoms with E-state index < -0.39 is 0 Å². The van der Waals surface area contributed by atoms with E-state index in [9.17, 15) is 9.90 Å². The van der Waals surface area contributed by atoms with Crippen molar-refractivity contribution in [2.24, 2.45) is 0 Å². The monoisotopic (exact) mass is 290 g/mol. The Bertz CT molecular complexity index is 644. The van der Waals surface area contributed by atoms with Gasteiger partial charge in [-0.3, -0.25) is 9.78 Å². The summed E-state index contributed by atoms with van der Waals surface area (Å²) in [4.78, 5) is 18.2. The first kappa shape index (κ1) is 14.3. The molecule has 1 aromatic carbocycles. The third-order valence-electron chi connectivity index (χ3n) is 2.89. The lowest BCUT2D eigenvalue weighted by Crippen LogP contribution is -2.26. The first-order valence-corrected chi connectivity index (χ1v) is 6.51. The van der Waals surface area contributed by atoms with Gasteiger partial charge in [-0.1, -0.05) is 17.7 Å². The van der Waals surface area contributed by atoms with Crippen LogP contribution < -0.4 is 0 Å². The number of benzene rings is 1. The van der Waals surface area contributed by atoms with E-state index in [1.54, 1.807) is 18.0 Å². The number of hydrogen-bond acceptors (Lipinski definition) is 3. The van der Waals surface area contributed by atoms with Crippen LogP contribution in [-0.2, 0) is 6.54 Å². The fourth-order valence-corrected chi connectivity index (χ4v) is 2.04. The second-order valence-electron chi connectivity index (χ2n) is 4.60. The highest BCUT2D eigenvalue weighted by molar-refractivity contribution is 6.32. The summed E-state index contributed by atoms with van der Waals surface area (Å²) in [5, 5.41) is 9.53. The molecule has 0 unspecified atom stereocenters. The molecular formula is C15H15ClN2O2. The van der Waals surface area contributed by atoms with Crippen molar-refractivity contribution in [3.05, 3.63) is 58.4 Å². The number of phenols is 1. The fraction of sp³-hybridized carbons (Fsp3) is 0.200. The molecule has 2 rings (SSSR count). The number of amides is 1. The Hall–Kier alpha value is -2.07. The smallest absolute Gasteiger partial charge is 0.254 e. The van der Waals surface area contributed by atoms with Gasteiger partial charge < -0.3 is 10.0 Å². The van der Waals surface area contributed by atoms with Crippen molar-refractivity contribution >= 4 is 17.5 Å². The summed E-state index contributed by atoms with van der Waals surface area (Å²) in [5.74, 6) is -0.207. The molecule has 2 aromatic rings. The number of phenolic OH excluding ortho intramolecular Hbond substituents is 1. The highest BCUT2D eigenvalue weighted by Gasteiger charge is 2.14. The summed E-state index contributed by atoms with van der Waals surface area (Å²) in [5.41, 5.74) is 2.17. The Kier molecular flexibility index (Phi) is 4.25. The molecule has 1 amide bonds. The number of pyridine rings is 1. The largest absolute Gasteiger partial charge is 0.506 e. The van der Waals surface area contributed by atoms with Gasteiger partial charge >= 0.3 is 0 Å². The lowest BCUT2D eigenvalue weighted by Gasteiger charge is -2.17. The molecule has 20 heavy (non-hydrogen) atoms. The van der Waals surface area contributed by atoms with Gasteiger partial charge in [0.25, 0.3) is 5.91 Å². The van der Waals surface area contributed by atoms with Crippen molar-refractivity contribution < 1.29 is 9.90 Å². The number of aromatic nitrogens is 1. The van der Waals surface area contributed by atoms with Gasteiger partial charge in [-0.25, -0.2) is 0 Å². The number of nitrogens with zero attached hydrogens (tertiary/aromatic N) is 2. The first-order valence-electron chi connectivity index (χ1n) is 6.14. The minimum Gasteiger partial charge on any atom is -0.506 e. The van der Waals surface area contributed by atoms with Crippen LogP contribution in [0, 0.1) is 6.92 Å². The normalized spacial score (nSPS) is 10.3. The van der Waals surface area contributed by atoms with Gasteiger partial charge in [0.05, 0.1) is 17.3 Å². The lowest BCUT2D eigenvalue weighted by molar-refractivity contribution is 0.0783. The quantitative estimate of drug-likeness (QED) is 0.945. The molecule has 0 atom stereocenters. The molecule has 0 aliphatic heterocycles. The Labute approximate surface area is 122 Å². The molecule has 0 bridgehead atoms. The van der Waals surface area contributed by atoms with E-state index >= 15 is 0 Å². The minimum absolute atomic E-state index is 0.0359. The predicted octanol–water partition coefficient (Wildman–Crippen LogP) is 3.02. The van der Waals surface area contributed by atoms with Crippen LogP contribution in [0.25, 0.3) is 0 Å². The summed E-state index contributed by atoms with van der Waals surface area (Å²) in [6, 6.07) is 10.1. The van der Waals surface area contributed by atoms with Gasteiger partial charge in [-0.2, -0.15) is 0 Å². The van der Waals surface area contributed by atoms with Crippen LogP contribution in [0.15, 0.2) is 36.4 Å². The average molecular weight is 291 g/mol. The SMILES string of the molecule is Cc1cccc(CN(C)C(=O)c2ccc(O)c(Cl)c2)n1. The maximum atomic E-state index is 12.3. The van der Waals surface area contributed by atoms with E-state index in [2.05, 4.69) is 4.98 Å². The molecule has 4 nitrogen and oxygen atoms in total. The summed E-state index contributed by atoms with van der Waals surface area (Å²) >= 11 is 5.81. The summed E-state index contributed by atoms with van der Waals surface area (Å²) in [6.07, 6.45) is 0. The van der Waals surface area contributed by atoms with E-state index in [-0.39, 0.29) is 16.7 Å². The molecule has 5 heteroatoms. The van der Waals surface area contributed by atoms with Crippen LogP contribution in [0.5, 0.6) is 5.75 Å². The van der Waals surface area contributed by atoms with E-state index in [1.807, 2.05) is 25.1 Å². The van der Waals surface area contributed by atoms with Gasteiger partial charge in [-0.15, -0.1) is 0 Å². The third-order valence-corrected chi connectivity index (χ3v) is 3.19. The summed E-state index contributed by atoms with van der Waals surface area (Å²) in [7, 11) is 1.70. The van der Waals surface area contributed by atoms with Crippen molar-refractivity contribution in [2.75, 3.05) is 7.05 Å². The maximum absolute atomic E-state index is 12.3. The van der Waals surface area contributed by atoms with Gasteiger partial charge in [0.1, 0.15) is 5.75 Å². The molecule has 104 valence electrons. The van der Waals surface area contributed by atoms with Crippen molar-refractivity contribution in [1.29, 1.82) is 0 Å². The Morgan fingerprint density at radius 3 is 2.75 bits per heavy atom. The van der Waals surface area contributed by atoms with Crippen molar-refractivity contribution in [3.8, 4) is 5.75 Å². The topological polar surface area (TPSA) is 53.4 Å². The Morgan fingerprint density at radius 2 is 2.10 bits per heavy atom. The minimum atomic E-state index is -0.171. The lowest BCUT2D eigenvalue weighted by atomic mass is 10.2. The zero-order chi connectivity index (χ0) is 14.7. The van der Waals surface area contributed by atoms with E-state index in [0.717, 1.165) is 11.4 Å². The van der Waals surface area contributed by atoms with Crippen LogP contribution in [-0.4, -0.2) is 27.9 Å². The summed E-state index contributed by atoms with van der Waals surface area (Å²) < 4.78 is 0. The van der Waals surface area contributed by atoms with Crippen LogP contribution in [0.1, 0.15) is 21.7 Å². The number of carbonyl (C=O) groups excluding carboxylic acids is 1. The Morgan fingerprint density at radius 1 is 1.35 bits per heavy atom. The fourth-order valence-electron chi connectivity index (χ4n) is 1.86. The average Bonchev–Trinajstić information content (AvgIpc) is 2.41. The van der Waals surface area contributed by atoms with Gasteiger partial charge in [-0.05, 0) is 37.3 Å². The molecule has 0 radical (unpaired) electrons. The molecule has 0 saturated carbocycles. The van der Waals surface area contributed by atoms with Crippen LogP contribution in [0.3, 0.4) is 0 Å². The van der Waals surface area contributed by atoms with E-state index in [0.29, 0.717) is 12.1 Å². The zero-order valence-electron chi connectivity index (χ0n) is 11.3. The number of aryl methyl sites for hydroxylation is 1. The number of halogens is 1. The highest BCUT2D eigenvalue weighted by atomic mass is 35.5. The second-order valence-corrected chi connectivity index (χ2v) is 5.00. The molecule has 1 aromatic heterocycles. The summed E-state index contributed by atoms with van der Waals surface area (Å²) in [6.45, 7) is 2.32. The second kappa shape index (κ2) is 5.92. The van der Waals surface area contributed by atoms with E-state index in [1.165, 1.54) is 12.1 Å². The highest BCUT2D eigenvalue weighted by Crippen LogP contribution is 2.24. The Balaban J connectivity index is 2.14. The molecule has 0 aliphatic rings. The van der Waals surface area contributed by atoms with Crippen LogP contribution >= 0.6 is 11.6 Å². The van der Waals surface area contributed by atoms with Crippen LogP contribution in [0.4, 0.5) is 0 Å². The van der Waals surface area contributed by atoms with Gasteiger partial charge in [0.2, 0.25) is 0 Å². The van der Waals surface area contributed by atoms with Gasteiger partial charge in [0, 0.05) is 18.3 Å². The number of aromatic hydroxyl groups is 1. The number of rotatable bonds is 3. The number of hydrogen-bond donors (Lipinski definition) is 1. The standard InChI is InChI=1S/C15H15ClN2O2/c1-10-4-3-5-12(17-10)9-18(2)15(20)11-6-7-14(19)13(16)8-11/h3-8,19H,9H2,1-2H3. The first-order chi connectivity index (χ1) is 9.47. The third kappa shape index (κ3) is 3.27. The molecule has 0 saturated heterocycles. The molecule has 1 heterocycles. The molecular weight excluding hydrogens is 276 g/mol. The van der Waals surface area contributed by atoms with Crippen molar-refractivity contribution in [3.63, 3.8) is 0 Å². The maximum Gasteiger partial charge on any atom is 0.254 e. The zero-order valence-corrected chi connectivity index (χ0v) is 12.1. The molecule has 0 fully saturated rings. The van der Waals surface area contributed by atoms with E-state index in [4.69, 9.17) is 11.6 Å². The van der Waals surface area contributed by atoms with Crippen molar-refractivity contribution in [2.45, 2.75) is 13.5 Å². The molecule has 1 N–H and O–H groups in total. The molecule has 0 spiro atoms. The van der Waals surface area contributed by atoms with Crippen LogP contribution in [0.2, 0.25) is 5.02 Å². The van der Waals surface area contributed by atoms with Crippen molar-refractivity contribution in [1.82, 2.24) is 9.88 Å². The number of carbonyl (C=O) groups is 1.